The second-order valence-electron chi connectivity index (χ2n) is 3.03. The van der Waals surface area contributed by atoms with E-state index in [9.17, 15) is 0 Å². The number of hydrogen-bond donors (Lipinski definition) is 1. The standard InChI is InChI=1S/C11H17NO.ClH/c1-3-7-12-9-10-5-4-6-11(8-10)13-2;/h4-6,8,12H,3,7,9H2,1-2H3;1H/p-1. The highest BCUT2D eigenvalue weighted by molar-refractivity contribution is 5.28. The van der Waals surface area contributed by atoms with Crippen LogP contribution in [0.15, 0.2) is 24.3 Å². The van der Waals surface area contributed by atoms with E-state index in [4.69, 9.17) is 4.74 Å². The maximum atomic E-state index is 5.13. The van der Waals surface area contributed by atoms with Crippen LogP contribution in [0.1, 0.15) is 18.9 Å². The van der Waals surface area contributed by atoms with Gasteiger partial charge in [0.05, 0.1) is 7.11 Å². The van der Waals surface area contributed by atoms with Crippen LogP contribution in [-0.2, 0) is 6.54 Å². The molecule has 0 saturated carbocycles. The first-order chi connectivity index (χ1) is 6.36. The van der Waals surface area contributed by atoms with E-state index in [1.807, 2.05) is 12.1 Å². The Hall–Kier alpha value is -0.730. The van der Waals surface area contributed by atoms with Crippen molar-refractivity contribution in [1.29, 1.82) is 0 Å². The van der Waals surface area contributed by atoms with Crippen LogP contribution in [-0.4, -0.2) is 13.7 Å². The zero-order chi connectivity index (χ0) is 9.52. The summed E-state index contributed by atoms with van der Waals surface area (Å²) in [4.78, 5) is 0. The fourth-order valence-corrected chi connectivity index (χ4v) is 1.19. The number of nitrogens with one attached hydrogen (secondary N) is 1. The SMILES string of the molecule is CCCNCc1cccc(OC)c1.[Cl-]. The van der Waals surface area contributed by atoms with E-state index in [0.29, 0.717) is 0 Å². The Morgan fingerprint density at radius 1 is 1.36 bits per heavy atom. The molecular weight excluding hydrogens is 198 g/mol. The molecule has 1 N–H and O–H groups in total. The topological polar surface area (TPSA) is 21.3 Å². The Balaban J connectivity index is 0.00000169. The summed E-state index contributed by atoms with van der Waals surface area (Å²) in [5, 5.41) is 3.35. The third-order valence-electron chi connectivity index (χ3n) is 1.89. The van der Waals surface area contributed by atoms with Crippen LogP contribution in [0.2, 0.25) is 0 Å². The third kappa shape index (κ3) is 4.49. The quantitative estimate of drug-likeness (QED) is 0.649. The van der Waals surface area contributed by atoms with E-state index in [2.05, 4.69) is 24.4 Å². The summed E-state index contributed by atoms with van der Waals surface area (Å²) in [5.41, 5.74) is 1.27. The molecule has 0 atom stereocenters. The number of rotatable bonds is 5. The number of halogens is 1. The van der Waals surface area contributed by atoms with Crippen molar-refractivity contribution in [3.8, 4) is 5.75 Å². The molecule has 0 unspecified atom stereocenters. The maximum absolute atomic E-state index is 5.13. The van der Waals surface area contributed by atoms with Gasteiger partial charge in [-0.1, -0.05) is 19.1 Å². The fraction of sp³-hybridized carbons (Fsp3) is 0.455. The van der Waals surface area contributed by atoms with E-state index in [1.54, 1.807) is 7.11 Å². The van der Waals surface area contributed by atoms with Crippen LogP contribution >= 0.6 is 0 Å². The second kappa shape index (κ2) is 7.65. The van der Waals surface area contributed by atoms with E-state index < -0.39 is 0 Å². The molecule has 0 aliphatic heterocycles. The lowest BCUT2D eigenvalue weighted by molar-refractivity contribution is -0.00000313. The third-order valence-corrected chi connectivity index (χ3v) is 1.89. The van der Waals surface area contributed by atoms with Crippen LogP contribution in [0.25, 0.3) is 0 Å². The summed E-state index contributed by atoms with van der Waals surface area (Å²) >= 11 is 0. The molecular formula is C11H17ClNO-. The van der Waals surface area contributed by atoms with Crippen molar-refractivity contribution < 1.29 is 17.1 Å². The van der Waals surface area contributed by atoms with Crippen LogP contribution in [0.4, 0.5) is 0 Å². The van der Waals surface area contributed by atoms with Gasteiger partial charge in [-0.25, -0.2) is 0 Å². The first kappa shape index (κ1) is 13.3. The summed E-state index contributed by atoms with van der Waals surface area (Å²) in [7, 11) is 1.69. The van der Waals surface area contributed by atoms with Gasteiger partial charge < -0.3 is 22.5 Å². The molecule has 0 radical (unpaired) electrons. The van der Waals surface area contributed by atoms with Crippen LogP contribution in [0.3, 0.4) is 0 Å². The van der Waals surface area contributed by atoms with Gasteiger partial charge in [0.25, 0.3) is 0 Å². The molecule has 0 aliphatic rings. The van der Waals surface area contributed by atoms with Crippen molar-refractivity contribution in [3.63, 3.8) is 0 Å². The highest BCUT2D eigenvalue weighted by Crippen LogP contribution is 2.11. The van der Waals surface area contributed by atoms with Crippen LogP contribution in [0.5, 0.6) is 5.75 Å². The molecule has 0 bridgehead atoms. The van der Waals surface area contributed by atoms with E-state index in [1.165, 1.54) is 12.0 Å². The van der Waals surface area contributed by atoms with E-state index >= 15 is 0 Å². The molecule has 0 amide bonds. The van der Waals surface area contributed by atoms with Crippen molar-refractivity contribution in [2.45, 2.75) is 19.9 Å². The smallest absolute Gasteiger partial charge is 0.119 e. The van der Waals surface area contributed by atoms with Gasteiger partial charge >= 0.3 is 0 Å². The summed E-state index contributed by atoms with van der Waals surface area (Å²) in [6, 6.07) is 8.14. The Bertz CT molecular complexity index is 253. The van der Waals surface area contributed by atoms with Gasteiger partial charge in [0.15, 0.2) is 0 Å². The molecule has 14 heavy (non-hydrogen) atoms. The molecule has 1 rings (SSSR count). The van der Waals surface area contributed by atoms with Gasteiger partial charge in [-0.3, -0.25) is 0 Å². The Kier molecular flexibility index (Phi) is 7.25. The largest absolute Gasteiger partial charge is 1.00 e. The minimum atomic E-state index is 0. The Morgan fingerprint density at radius 2 is 2.14 bits per heavy atom. The average molecular weight is 215 g/mol. The Labute approximate surface area is 92.1 Å². The van der Waals surface area contributed by atoms with Crippen LogP contribution < -0.4 is 22.5 Å². The highest BCUT2D eigenvalue weighted by atomic mass is 35.5. The molecule has 2 nitrogen and oxygen atoms in total. The normalized spacial score (nSPS) is 9.29. The predicted molar refractivity (Wildman–Crippen MR) is 55.0 cm³/mol. The zero-order valence-corrected chi connectivity index (χ0v) is 9.47. The average Bonchev–Trinajstić information content (AvgIpc) is 2.19. The van der Waals surface area contributed by atoms with Crippen molar-refractivity contribution in [3.05, 3.63) is 29.8 Å². The summed E-state index contributed by atoms with van der Waals surface area (Å²) in [6.45, 7) is 4.15. The van der Waals surface area contributed by atoms with Gasteiger partial charge in [0.2, 0.25) is 0 Å². The van der Waals surface area contributed by atoms with Gasteiger partial charge in [-0.2, -0.15) is 0 Å². The van der Waals surface area contributed by atoms with E-state index in [-0.39, 0.29) is 12.4 Å². The number of methoxy groups -OCH3 is 1. The second-order valence-corrected chi connectivity index (χ2v) is 3.03. The first-order valence-electron chi connectivity index (χ1n) is 4.70. The molecule has 1 aromatic rings. The lowest BCUT2D eigenvalue weighted by Crippen LogP contribution is -3.00. The maximum Gasteiger partial charge on any atom is 0.119 e. The van der Waals surface area contributed by atoms with Gasteiger partial charge in [-0.05, 0) is 30.7 Å². The molecule has 0 saturated heterocycles. The molecule has 0 aliphatic carbocycles. The van der Waals surface area contributed by atoms with Crippen LogP contribution in [0, 0.1) is 0 Å². The first-order valence-corrected chi connectivity index (χ1v) is 4.70. The molecule has 3 heteroatoms. The van der Waals surface area contributed by atoms with Crippen molar-refractivity contribution >= 4 is 0 Å². The Morgan fingerprint density at radius 3 is 2.79 bits per heavy atom. The lowest BCUT2D eigenvalue weighted by atomic mass is 10.2. The van der Waals surface area contributed by atoms with Crippen molar-refractivity contribution in [2.75, 3.05) is 13.7 Å². The van der Waals surface area contributed by atoms with E-state index in [0.717, 1.165) is 18.8 Å². The van der Waals surface area contributed by atoms with Crippen molar-refractivity contribution in [1.82, 2.24) is 5.32 Å². The molecule has 0 fully saturated rings. The zero-order valence-electron chi connectivity index (χ0n) is 8.72. The summed E-state index contributed by atoms with van der Waals surface area (Å²) in [6.07, 6.45) is 1.17. The fourth-order valence-electron chi connectivity index (χ4n) is 1.19. The minimum absolute atomic E-state index is 0. The lowest BCUT2D eigenvalue weighted by Gasteiger charge is -2.05. The molecule has 1 aromatic carbocycles. The molecule has 80 valence electrons. The molecule has 0 aromatic heterocycles. The monoisotopic (exact) mass is 214 g/mol. The number of ether oxygens (including phenoxy) is 1. The number of benzene rings is 1. The molecule has 0 spiro atoms. The van der Waals surface area contributed by atoms with Gasteiger partial charge in [-0.15, -0.1) is 0 Å². The van der Waals surface area contributed by atoms with Gasteiger partial charge in [0.1, 0.15) is 5.75 Å². The summed E-state index contributed by atoms with van der Waals surface area (Å²) < 4.78 is 5.13. The summed E-state index contributed by atoms with van der Waals surface area (Å²) in [5.74, 6) is 0.927. The number of hydrogen-bond acceptors (Lipinski definition) is 2. The van der Waals surface area contributed by atoms with Crippen molar-refractivity contribution in [2.24, 2.45) is 0 Å². The highest BCUT2D eigenvalue weighted by Gasteiger charge is 1.94. The predicted octanol–water partition coefficient (Wildman–Crippen LogP) is -0.801. The van der Waals surface area contributed by atoms with Gasteiger partial charge in [0, 0.05) is 6.54 Å². The molecule has 0 heterocycles. The minimum Gasteiger partial charge on any atom is -1.00 e.